The molecule has 0 radical (unpaired) electrons. The number of rotatable bonds is 5. The number of thiophene rings is 1. The number of ether oxygens (including phenoxy) is 1. The molecule has 0 saturated carbocycles. The van der Waals surface area contributed by atoms with Crippen LogP contribution < -0.4 is 16.0 Å². The highest BCUT2D eigenvalue weighted by Gasteiger charge is 2.26. The van der Waals surface area contributed by atoms with Gasteiger partial charge in [-0.25, -0.2) is 8.42 Å². The number of sulfone groups is 1. The number of nitrogens with two attached hydrogens (primary N) is 1. The smallest absolute Gasteiger partial charge is 0.251 e. The molecule has 132 valence electrons. The minimum Gasteiger partial charge on any atom is -0.366 e. The van der Waals surface area contributed by atoms with E-state index in [0.29, 0.717) is 19.7 Å². The average molecular weight is 381 g/mol. The van der Waals surface area contributed by atoms with Gasteiger partial charge in [-0.2, -0.15) is 0 Å². The van der Waals surface area contributed by atoms with E-state index in [4.69, 9.17) is 10.5 Å². The van der Waals surface area contributed by atoms with Crippen LogP contribution in [-0.2, 0) is 26.0 Å². The minimum absolute atomic E-state index is 0.0447. The third-order valence-corrected chi connectivity index (χ3v) is 7.04. The zero-order valence-electron chi connectivity index (χ0n) is 13.2. The van der Waals surface area contributed by atoms with Crippen LogP contribution in [0.4, 0.5) is 10.7 Å². The van der Waals surface area contributed by atoms with Crippen molar-refractivity contribution in [2.75, 3.05) is 24.0 Å². The van der Waals surface area contributed by atoms with E-state index in [1.54, 1.807) is 12.1 Å². The molecular formula is C15H15N3O5S2. The van der Waals surface area contributed by atoms with Crippen molar-refractivity contribution in [1.82, 2.24) is 0 Å². The molecule has 0 fully saturated rings. The molecule has 0 atom stereocenters. The molecule has 3 N–H and O–H groups in total. The standard InChI is InChI=1S/C15H15N3O5S2/c1-18-8-23-6-9-4-10(2-3-12(9)18)25(21,22)13-5-11(14(16)20)15(24-13)17-7-19/h2-5,7H,6,8H2,1H3,(H2,16,20)(H,17,19). The van der Waals surface area contributed by atoms with Crippen molar-refractivity contribution in [2.24, 2.45) is 5.73 Å². The van der Waals surface area contributed by atoms with E-state index in [1.807, 2.05) is 11.9 Å². The second-order valence-corrected chi connectivity index (χ2v) is 8.63. The lowest BCUT2D eigenvalue weighted by atomic mass is 10.1. The van der Waals surface area contributed by atoms with E-state index in [2.05, 4.69) is 5.32 Å². The number of carbonyl (C=O) groups is 2. The van der Waals surface area contributed by atoms with Gasteiger partial charge in [0.15, 0.2) is 0 Å². The summed E-state index contributed by atoms with van der Waals surface area (Å²) in [5, 5.41) is 2.40. The molecule has 0 saturated heterocycles. The zero-order chi connectivity index (χ0) is 18.2. The number of hydrogen-bond donors (Lipinski definition) is 2. The van der Waals surface area contributed by atoms with Crippen molar-refractivity contribution in [1.29, 1.82) is 0 Å². The minimum atomic E-state index is -3.86. The summed E-state index contributed by atoms with van der Waals surface area (Å²) in [6.07, 6.45) is 0.362. The fraction of sp³-hybridized carbons (Fsp3) is 0.200. The Labute approximate surface area is 148 Å². The molecular weight excluding hydrogens is 366 g/mol. The first-order valence-corrected chi connectivity index (χ1v) is 9.45. The van der Waals surface area contributed by atoms with Crippen LogP contribution in [0.1, 0.15) is 15.9 Å². The molecule has 0 unspecified atom stereocenters. The van der Waals surface area contributed by atoms with Crippen molar-refractivity contribution in [3.63, 3.8) is 0 Å². The summed E-state index contributed by atoms with van der Waals surface area (Å²) < 4.78 is 31.1. The van der Waals surface area contributed by atoms with Crippen molar-refractivity contribution < 1.29 is 22.7 Å². The first-order chi connectivity index (χ1) is 11.8. The number of fused-ring (bicyclic) bond motifs is 1. The van der Waals surface area contributed by atoms with Crippen molar-refractivity contribution in [3.8, 4) is 0 Å². The Kier molecular flexibility index (Phi) is 4.50. The number of anilines is 2. The molecule has 10 heteroatoms. The fourth-order valence-corrected chi connectivity index (χ4v) is 5.32. The summed E-state index contributed by atoms with van der Waals surface area (Å²) in [6.45, 7) is 0.755. The van der Waals surface area contributed by atoms with Crippen LogP contribution in [-0.4, -0.2) is 34.5 Å². The van der Waals surface area contributed by atoms with Crippen LogP contribution in [0, 0.1) is 0 Å². The van der Waals surface area contributed by atoms with E-state index < -0.39 is 15.7 Å². The summed E-state index contributed by atoms with van der Waals surface area (Å²) in [6, 6.07) is 5.96. The first-order valence-electron chi connectivity index (χ1n) is 7.15. The second kappa shape index (κ2) is 6.47. The lowest BCUT2D eigenvalue weighted by Crippen LogP contribution is -2.26. The van der Waals surface area contributed by atoms with Crippen molar-refractivity contribution >= 4 is 44.2 Å². The van der Waals surface area contributed by atoms with Gasteiger partial charge in [-0.15, -0.1) is 11.3 Å². The van der Waals surface area contributed by atoms with E-state index in [-0.39, 0.29) is 19.7 Å². The Morgan fingerprint density at radius 3 is 2.84 bits per heavy atom. The third-order valence-electron chi connectivity index (χ3n) is 3.74. The molecule has 0 spiro atoms. The predicted octanol–water partition coefficient (Wildman–Crippen LogP) is 1.17. The van der Waals surface area contributed by atoms with Crippen molar-refractivity contribution in [2.45, 2.75) is 15.7 Å². The van der Waals surface area contributed by atoms with Gasteiger partial charge in [-0.1, -0.05) is 0 Å². The highest BCUT2D eigenvalue weighted by Crippen LogP contribution is 2.36. The van der Waals surface area contributed by atoms with Crippen LogP contribution in [0.15, 0.2) is 33.4 Å². The van der Waals surface area contributed by atoms with E-state index in [0.717, 1.165) is 22.6 Å². The topological polar surface area (TPSA) is 119 Å². The monoisotopic (exact) mass is 381 g/mol. The summed E-state index contributed by atoms with van der Waals surface area (Å²) >= 11 is 0.779. The Morgan fingerprint density at radius 2 is 2.16 bits per heavy atom. The number of nitrogens with one attached hydrogen (secondary N) is 1. The number of amides is 2. The normalized spacial score (nSPS) is 14.0. The number of primary amides is 1. The maximum Gasteiger partial charge on any atom is 0.251 e. The number of carbonyl (C=O) groups excluding carboxylic acids is 2. The van der Waals surface area contributed by atoms with Gasteiger partial charge >= 0.3 is 0 Å². The third kappa shape index (κ3) is 3.11. The first kappa shape index (κ1) is 17.4. The number of hydrogen-bond acceptors (Lipinski definition) is 7. The molecule has 0 bridgehead atoms. The molecule has 1 aromatic heterocycles. The molecule has 2 aromatic rings. The van der Waals surface area contributed by atoms with Crippen LogP contribution >= 0.6 is 11.3 Å². The SMILES string of the molecule is CN1COCc2cc(S(=O)(=O)c3cc(C(N)=O)c(NC=O)s3)ccc21. The predicted molar refractivity (Wildman–Crippen MR) is 92.5 cm³/mol. The number of nitrogens with zero attached hydrogens (tertiary/aromatic N) is 1. The summed E-state index contributed by atoms with van der Waals surface area (Å²) in [7, 11) is -2.01. The fourth-order valence-electron chi connectivity index (χ4n) is 2.54. The largest absolute Gasteiger partial charge is 0.366 e. The van der Waals surface area contributed by atoms with Crippen LogP contribution in [0.2, 0.25) is 0 Å². The number of benzene rings is 1. The maximum atomic E-state index is 12.9. The average Bonchev–Trinajstić information content (AvgIpc) is 3.00. The van der Waals surface area contributed by atoms with Gasteiger partial charge < -0.3 is 20.7 Å². The van der Waals surface area contributed by atoms with E-state index in [9.17, 15) is 18.0 Å². The Balaban J connectivity index is 2.06. The lowest BCUT2D eigenvalue weighted by Gasteiger charge is -2.27. The highest BCUT2D eigenvalue weighted by atomic mass is 32.2. The quantitative estimate of drug-likeness (QED) is 0.751. The van der Waals surface area contributed by atoms with Gasteiger partial charge in [0.05, 0.1) is 17.1 Å². The van der Waals surface area contributed by atoms with Crippen LogP contribution in [0.5, 0.6) is 0 Å². The Bertz CT molecular complexity index is 952. The maximum absolute atomic E-state index is 12.9. The lowest BCUT2D eigenvalue weighted by molar-refractivity contribution is -0.105. The van der Waals surface area contributed by atoms with Crippen LogP contribution in [0.25, 0.3) is 0 Å². The van der Waals surface area contributed by atoms with Crippen LogP contribution in [0.3, 0.4) is 0 Å². The molecule has 3 rings (SSSR count). The molecule has 25 heavy (non-hydrogen) atoms. The van der Waals surface area contributed by atoms with Gasteiger partial charge in [0.1, 0.15) is 15.9 Å². The Hall–Kier alpha value is -2.43. The molecule has 2 amide bonds. The molecule has 1 aromatic carbocycles. The van der Waals surface area contributed by atoms with E-state index >= 15 is 0 Å². The second-order valence-electron chi connectivity index (χ2n) is 5.40. The van der Waals surface area contributed by atoms with Gasteiger partial charge in [0, 0.05) is 18.3 Å². The Morgan fingerprint density at radius 1 is 1.40 bits per heavy atom. The van der Waals surface area contributed by atoms with Gasteiger partial charge in [-0.05, 0) is 24.3 Å². The highest BCUT2D eigenvalue weighted by molar-refractivity contribution is 7.93. The summed E-state index contributed by atoms with van der Waals surface area (Å²) in [5.74, 6) is -0.817. The zero-order valence-corrected chi connectivity index (χ0v) is 14.8. The molecule has 8 nitrogen and oxygen atoms in total. The van der Waals surface area contributed by atoms with Gasteiger partial charge in [0.25, 0.3) is 5.91 Å². The van der Waals surface area contributed by atoms with Gasteiger partial charge in [-0.3, -0.25) is 9.59 Å². The van der Waals surface area contributed by atoms with E-state index in [1.165, 1.54) is 12.1 Å². The molecule has 1 aliphatic heterocycles. The molecule has 0 aliphatic carbocycles. The molecule has 1 aliphatic rings. The summed E-state index contributed by atoms with van der Waals surface area (Å²) in [5.41, 5.74) is 6.85. The molecule has 2 heterocycles. The van der Waals surface area contributed by atoms with Gasteiger partial charge in [0.2, 0.25) is 16.2 Å². The van der Waals surface area contributed by atoms with Crippen molar-refractivity contribution in [3.05, 3.63) is 35.4 Å². The summed E-state index contributed by atoms with van der Waals surface area (Å²) in [4.78, 5) is 24.1.